The molecule has 1 N–H and O–H groups in total. The molecule has 2 rings (SSSR count). The van der Waals surface area contributed by atoms with Gasteiger partial charge < -0.3 is 14.9 Å². The maximum Gasteiger partial charge on any atom is 0.320 e. The Balaban J connectivity index is 1.84. The van der Waals surface area contributed by atoms with Gasteiger partial charge in [0.2, 0.25) is 0 Å². The Bertz CT molecular complexity index is 526. The van der Waals surface area contributed by atoms with E-state index in [0.29, 0.717) is 19.6 Å². The van der Waals surface area contributed by atoms with Gasteiger partial charge >= 0.3 is 12.0 Å². The van der Waals surface area contributed by atoms with Gasteiger partial charge in [-0.3, -0.25) is 4.79 Å². The van der Waals surface area contributed by atoms with Crippen LogP contribution in [-0.4, -0.2) is 47.0 Å². The van der Waals surface area contributed by atoms with Gasteiger partial charge in [0.15, 0.2) is 0 Å². The molecule has 5 nitrogen and oxygen atoms in total. The Morgan fingerprint density at radius 2 is 1.95 bits per heavy atom. The second-order valence-electron chi connectivity index (χ2n) is 5.56. The molecule has 21 heavy (non-hydrogen) atoms. The van der Waals surface area contributed by atoms with Crippen LogP contribution in [0.4, 0.5) is 9.18 Å². The fraction of sp³-hybridized carbons (Fsp3) is 0.467. The average Bonchev–Trinajstić information content (AvgIpc) is 2.39. The van der Waals surface area contributed by atoms with Crippen molar-refractivity contribution < 1.29 is 19.1 Å². The highest BCUT2D eigenvalue weighted by molar-refractivity contribution is 5.76. The van der Waals surface area contributed by atoms with E-state index in [9.17, 15) is 14.0 Å². The number of urea groups is 1. The summed E-state index contributed by atoms with van der Waals surface area (Å²) in [7, 11) is 1.68. The summed E-state index contributed by atoms with van der Waals surface area (Å²) < 4.78 is 12.8. The third kappa shape index (κ3) is 3.51. The molecule has 2 amide bonds. The van der Waals surface area contributed by atoms with Crippen molar-refractivity contribution in [3.8, 4) is 0 Å². The average molecular weight is 294 g/mol. The SMILES string of the molecule is CC(C(=O)O)C1CN(C(=O)N(C)Cc2ccc(F)cc2)C1. The number of halogens is 1. The predicted molar refractivity (Wildman–Crippen MR) is 75.1 cm³/mol. The topological polar surface area (TPSA) is 60.9 Å². The van der Waals surface area contributed by atoms with Crippen LogP contribution in [0.15, 0.2) is 24.3 Å². The smallest absolute Gasteiger partial charge is 0.320 e. The molecule has 1 aliphatic rings. The van der Waals surface area contributed by atoms with E-state index in [1.165, 1.54) is 12.1 Å². The van der Waals surface area contributed by atoms with Crippen molar-refractivity contribution in [2.45, 2.75) is 13.5 Å². The van der Waals surface area contributed by atoms with Crippen LogP contribution in [0.3, 0.4) is 0 Å². The molecule has 1 heterocycles. The molecular formula is C15H19FN2O3. The van der Waals surface area contributed by atoms with Crippen molar-refractivity contribution in [3.63, 3.8) is 0 Å². The first-order chi connectivity index (χ1) is 9.88. The maximum absolute atomic E-state index is 12.8. The Kier molecular flexibility index (Phi) is 4.45. The number of aliphatic carboxylic acids is 1. The summed E-state index contributed by atoms with van der Waals surface area (Å²) in [4.78, 5) is 26.2. The summed E-state index contributed by atoms with van der Waals surface area (Å²) in [6.45, 7) is 3.01. The van der Waals surface area contributed by atoms with E-state index in [0.717, 1.165) is 5.56 Å². The first kappa shape index (κ1) is 15.3. The third-order valence-corrected chi connectivity index (χ3v) is 3.94. The molecule has 0 bridgehead atoms. The van der Waals surface area contributed by atoms with E-state index in [1.807, 2.05) is 0 Å². The van der Waals surface area contributed by atoms with Gasteiger partial charge in [-0.25, -0.2) is 9.18 Å². The molecule has 0 spiro atoms. The lowest BCUT2D eigenvalue weighted by molar-refractivity contribution is -0.144. The number of amides is 2. The normalized spacial score (nSPS) is 16.2. The Morgan fingerprint density at radius 3 is 2.48 bits per heavy atom. The van der Waals surface area contributed by atoms with E-state index in [1.54, 1.807) is 35.9 Å². The number of hydrogen-bond acceptors (Lipinski definition) is 2. The summed E-state index contributed by atoms with van der Waals surface area (Å²) in [5.74, 6) is -1.55. The number of carbonyl (C=O) groups excluding carboxylic acids is 1. The van der Waals surface area contributed by atoms with Crippen LogP contribution in [0.5, 0.6) is 0 Å². The predicted octanol–water partition coefficient (Wildman–Crippen LogP) is 2.03. The van der Waals surface area contributed by atoms with Crippen LogP contribution in [0, 0.1) is 17.7 Å². The molecule has 1 fully saturated rings. The van der Waals surface area contributed by atoms with Crippen molar-refractivity contribution in [1.29, 1.82) is 0 Å². The van der Waals surface area contributed by atoms with E-state index < -0.39 is 11.9 Å². The van der Waals surface area contributed by atoms with Gasteiger partial charge in [-0.05, 0) is 17.7 Å². The zero-order chi connectivity index (χ0) is 15.6. The Labute approximate surface area is 123 Å². The van der Waals surface area contributed by atoms with Crippen LogP contribution >= 0.6 is 0 Å². The molecule has 1 saturated heterocycles. The van der Waals surface area contributed by atoms with E-state index in [-0.39, 0.29) is 17.8 Å². The lowest BCUT2D eigenvalue weighted by Gasteiger charge is -2.42. The van der Waals surface area contributed by atoms with E-state index >= 15 is 0 Å². The molecule has 6 heteroatoms. The molecule has 0 saturated carbocycles. The number of nitrogens with zero attached hydrogens (tertiary/aromatic N) is 2. The molecule has 1 aromatic carbocycles. The van der Waals surface area contributed by atoms with Crippen molar-refractivity contribution in [2.75, 3.05) is 20.1 Å². The fourth-order valence-corrected chi connectivity index (χ4v) is 2.36. The van der Waals surface area contributed by atoms with Gasteiger partial charge in [-0.15, -0.1) is 0 Å². The second kappa shape index (κ2) is 6.11. The fourth-order valence-electron chi connectivity index (χ4n) is 2.36. The van der Waals surface area contributed by atoms with Gasteiger partial charge in [0.25, 0.3) is 0 Å². The van der Waals surface area contributed by atoms with E-state index in [2.05, 4.69) is 0 Å². The summed E-state index contributed by atoms with van der Waals surface area (Å²) in [6.07, 6.45) is 0. The minimum atomic E-state index is -0.827. The van der Waals surface area contributed by atoms with Crippen molar-refractivity contribution in [2.24, 2.45) is 11.8 Å². The number of carboxylic acid groups (broad SMARTS) is 1. The highest BCUT2D eigenvalue weighted by Crippen LogP contribution is 2.25. The minimum absolute atomic E-state index is 0.0191. The Hall–Kier alpha value is -2.11. The van der Waals surface area contributed by atoms with E-state index in [4.69, 9.17) is 5.11 Å². The van der Waals surface area contributed by atoms with Gasteiger partial charge in [-0.2, -0.15) is 0 Å². The molecule has 1 aromatic rings. The zero-order valence-corrected chi connectivity index (χ0v) is 12.1. The first-order valence-corrected chi connectivity index (χ1v) is 6.85. The summed E-state index contributed by atoms with van der Waals surface area (Å²) >= 11 is 0. The molecule has 0 radical (unpaired) electrons. The third-order valence-electron chi connectivity index (χ3n) is 3.94. The van der Waals surface area contributed by atoms with Gasteiger partial charge in [0.1, 0.15) is 5.82 Å². The summed E-state index contributed by atoms with van der Waals surface area (Å²) in [6, 6.07) is 5.88. The summed E-state index contributed by atoms with van der Waals surface area (Å²) in [5, 5.41) is 8.92. The quantitative estimate of drug-likeness (QED) is 0.924. The number of carboxylic acids is 1. The lowest BCUT2D eigenvalue weighted by atomic mass is 9.87. The minimum Gasteiger partial charge on any atom is -0.481 e. The molecule has 0 aliphatic carbocycles. The molecule has 0 aromatic heterocycles. The van der Waals surface area contributed by atoms with Crippen LogP contribution in [-0.2, 0) is 11.3 Å². The number of likely N-dealkylation sites (tertiary alicyclic amines) is 1. The van der Waals surface area contributed by atoms with Gasteiger partial charge in [0, 0.05) is 32.6 Å². The van der Waals surface area contributed by atoms with Gasteiger partial charge in [-0.1, -0.05) is 19.1 Å². The van der Waals surface area contributed by atoms with Crippen LogP contribution in [0.25, 0.3) is 0 Å². The molecular weight excluding hydrogens is 275 g/mol. The number of hydrogen-bond donors (Lipinski definition) is 1. The second-order valence-corrected chi connectivity index (χ2v) is 5.56. The van der Waals surface area contributed by atoms with Gasteiger partial charge in [0.05, 0.1) is 5.92 Å². The highest BCUT2D eigenvalue weighted by atomic mass is 19.1. The number of carbonyl (C=O) groups is 2. The Morgan fingerprint density at radius 1 is 1.38 bits per heavy atom. The highest BCUT2D eigenvalue weighted by Gasteiger charge is 2.38. The molecule has 114 valence electrons. The van der Waals surface area contributed by atoms with Crippen LogP contribution in [0.1, 0.15) is 12.5 Å². The standard InChI is InChI=1S/C15H19FN2O3/c1-10(14(19)20)12-8-18(9-12)15(21)17(2)7-11-3-5-13(16)6-4-11/h3-6,10,12H,7-9H2,1-2H3,(H,19,20). The lowest BCUT2D eigenvalue weighted by Crippen LogP contribution is -2.56. The maximum atomic E-state index is 12.8. The van der Waals surface area contributed by atoms with Crippen LogP contribution in [0.2, 0.25) is 0 Å². The van der Waals surface area contributed by atoms with Crippen molar-refractivity contribution >= 4 is 12.0 Å². The van der Waals surface area contributed by atoms with Crippen molar-refractivity contribution in [3.05, 3.63) is 35.6 Å². The molecule has 1 aliphatic heterocycles. The molecule has 1 atom stereocenters. The van der Waals surface area contributed by atoms with Crippen molar-refractivity contribution in [1.82, 2.24) is 9.80 Å². The summed E-state index contributed by atoms with van der Waals surface area (Å²) in [5.41, 5.74) is 0.850. The number of benzene rings is 1. The zero-order valence-electron chi connectivity index (χ0n) is 12.1. The largest absolute Gasteiger partial charge is 0.481 e. The molecule has 1 unspecified atom stereocenters. The number of rotatable bonds is 4. The monoisotopic (exact) mass is 294 g/mol. The first-order valence-electron chi connectivity index (χ1n) is 6.85. The van der Waals surface area contributed by atoms with Crippen LogP contribution < -0.4 is 0 Å².